The fourth-order valence-corrected chi connectivity index (χ4v) is 2.81. The van der Waals surface area contributed by atoms with Crippen molar-refractivity contribution in [1.82, 2.24) is 4.98 Å². The van der Waals surface area contributed by atoms with E-state index < -0.39 is 0 Å². The minimum absolute atomic E-state index is 1.03. The minimum Gasteiger partial charge on any atom is -0.256 e. The van der Waals surface area contributed by atoms with Crippen LogP contribution in [0, 0.1) is 20.8 Å². The first kappa shape index (κ1) is 13.6. The Labute approximate surface area is 126 Å². The van der Waals surface area contributed by atoms with Crippen molar-refractivity contribution in [3.63, 3.8) is 0 Å². The van der Waals surface area contributed by atoms with Crippen molar-refractivity contribution >= 4 is 0 Å². The number of benzene rings is 2. The van der Waals surface area contributed by atoms with Gasteiger partial charge >= 0.3 is 0 Å². The Morgan fingerprint density at radius 1 is 0.762 bits per heavy atom. The van der Waals surface area contributed by atoms with Crippen LogP contribution in [0.4, 0.5) is 0 Å². The molecule has 1 heteroatoms. The van der Waals surface area contributed by atoms with Gasteiger partial charge in [0.05, 0.1) is 5.69 Å². The van der Waals surface area contributed by atoms with E-state index in [1.54, 1.807) is 0 Å². The Morgan fingerprint density at radius 3 is 2.19 bits per heavy atom. The molecule has 1 aromatic heterocycles. The number of aryl methyl sites for hydroxylation is 2. The van der Waals surface area contributed by atoms with Crippen molar-refractivity contribution in [1.29, 1.82) is 0 Å². The maximum atomic E-state index is 4.49. The van der Waals surface area contributed by atoms with E-state index in [-0.39, 0.29) is 0 Å². The van der Waals surface area contributed by atoms with E-state index in [0.717, 1.165) is 5.69 Å². The van der Waals surface area contributed by atoms with Crippen molar-refractivity contribution in [2.24, 2.45) is 0 Å². The molecule has 0 unspecified atom stereocenters. The van der Waals surface area contributed by atoms with E-state index in [9.17, 15) is 0 Å². The van der Waals surface area contributed by atoms with Crippen molar-refractivity contribution in [2.75, 3.05) is 0 Å². The molecule has 0 aliphatic carbocycles. The quantitative estimate of drug-likeness (QED) is 0.614. The van der Waals surface area contributed by atoms with Gasteiger partial charge in [0.15, 0.2) is 0 Å². The molecule has 1 nitrogen and oxygen atoms in total. The first-order valence-electron chi connectivity index (χ1n) is 7.25. The third-order valence-electron chi connectivity index (χ3n) is 3.95. The number of pyridine rings is 1. The van der Waals surface area contributed by atoms with Gasteiger partial charge in [-0.05, 0) is 55.2 Å². The maximum Gasteiger partial charge on any atom is 0.0704 e. The fourth-order valence-electron chi connectivity index (χ4n) is 2.81. The Balaban J connectivity index is 2.19. The van der Waals surface area contributed by atoms with Crippen LogP contribution in [0.2, 0.25) is 0 Å². The summed E-state index contributed by atoms with van der Waals surface area (Å²) in [6, 6.07) is 19.2. The monoisotopic (exact) mass is 273 g/mol. The van der Waals surface area contributed by atoms with Gasteiger partial charge in [-0.25, -0.2) is 0 Å². The van der Waals surface area contributed by atoms with Crippen LogP contribution in [0.3, 0.4) is 0 Å². The molecule has 104 valence electrons. The lowest BCUT2D eigenvalue weighted by atomic mass is 9.90. The average Bonchev–Trinajstić information content (AvgIpc) is 2.50. The normalized spacial score (nSPS) is 10.6. The fraction of sp³-hybridized carbons (Fsp3) is 0.150. The molecule has 3 rings (SSSR count). The summed E-state index contributed by atoms with van der Waals surface area (Å²) < 4.78 is 0. The first-order valence-corrected chi connectivity index (χ1v) is 7.25. The van der Waals surface area contributed by atoms with Gasteiger partial charge in [-0.2, -0.15) is 0 Å². The van der Waals surface area contributed by atoms with Crippen LogP contribution >= 0.6 is 0 Å². The molecule has 0 fully saturated rings. The van der Waals surface area contributed by atoms with E-state index in [1.165, 1.54) is 33.4 Å². The zero-order chi connectivity index (χ0) is 14.8. The van der Waals surface area contributed by atoms with Crippen molar-refractivity contribution in [3.8, 4) is 22.4 Å². The molecule has 3 aromatic rings. The predicted molar refractivity (Wildman–Crippen MR) is 89.3 cm³/mol. The first-order chi connectivity index (χ1) is 10.2. The Bertz CT molecular complexity index is 756. The van der Waals surface area contributed by atoms with Crippen LogP contribution in [0.15, 0.2) is 60.8 Å². The van der Waals surface area contributed by atoms with Gasteiger partial charge in [-0.1, -0.05) is 48.0 Å². The smallest absolute Gasteiger partial charge is 0.0704 e. The van der Waals surface area contributed by atoms with Crippen LogP contribution in [0.25, 0.3) is 22.4 Å². The largest absolute Gasteiger partial charge is 0.256 e. The molecule has 1 heterocycles. The molecule has 21 heavy (non-hydrogen) atoms. The van der Waals surface area contributed by atoms with Gasteiger partial charge < -0.3 is 0 Å². The second kappa shape index (κ2) is 5.53. The van der Waals surface area contributed by atoms with Gasteiger partial charge in [-0.3, -0.25) is 4.98 Å². The molecule has 0 amide bonds. The highest BCUT2D eigenvalue weighted by atomic mass is 14.7. The van der Waals surface area contributed by atoms with Crippen LogP contribution < -0.4 is 0 Å². The van der Waals surface area contributed by atoms with E-state index in [0.29, 0.717) is 0 Å². The molecule has 0 atom stereocenters. The van der Waals surface area contributed by atoms with Crippen molar-refractivity contribution in [3.05, 3.63) is 77.5 Å². The third-order valence-corrected chi connectivity index (χ3v) is 3.95. The summed E-state index contributed by atoms with van der Waals surface area (Å²) >= 11 is 0. The highest BCUT2D eigenvalue weighted by molar-refractivity contribution is 5.79. The second-order valence-corrected chi connectivity index (χ2v) is 5.51. The number of rotatable bonds is 2. The third kappa shape index (κ3) is 2.59. The number of hydrogen-bond donors (Lipinski definition) is 0. The number of aromatic nitrogens is 1. The van der Waals surface area contributed by atoms with Crippen LogP contribution in [-0.2, 0) is 0 Å². The molecule has 0 aliphatic rings. The highest BCUT2D eigenvalue weighted by Gasteiger charge is 2.11. The number of hydrogen-bond acceptors (Lipinski definition) is 1. The molecule has 0 saturated carbocycles. The molecule has 0 aliphatic heterocycles. The van der Waals surface area contributed by atoms with Crippen molar-refractivity contribution in [2.45, 2.75) is 20.8 Å². The van der Waals surface area contributed by atoms with E-state index >= 15 is 0 Å². The molecular formula is C20H19N. The molecule has 0 spiro atoms. The van der Waals surface area contributed by atoms with Crippen LogP contribution in [0.5, 0.6) is 0 Å². The predicted octanol–water partition coefficient (Wildman–Crippen LogP) is 5.34. The van der Waals surface area contributed by atoms with Crippen LogP contribution in [0.1, 0.15) is 16.7 Å². The molecule has 0 bridgehead atoms. The van der Waals surface area contributed by atoms with Gasteiger partial charge in [0.1, 0.15) is 0 Å². The average molecular weight is 273 g/mol. The van der Waals surface area contributed by atoms with Crippen molar-refractivity contribution < 1.29 is 0 Å². The molecule has 0 radical (unpaired) electrons. The topological polar surface area (TPSA) is 12.9 Å². The Morgan fingerprint density at radius 2 is 1.52 bits per heavy atom. The zero-order valence-corrected chi connectivity index (χ0v) is 12.7. The highest BCUT2D eigenvalue weighted by Crippen LogP contribution is 2.33. The summed E-state index contributed by atoms with van der Waals surface area (Å²) in [7, 11) is 0. The zero-order valence-electron chi connectivity index (χ0n) is 12.7. The van der Waals surface area contributed by atoms with Gasteiger partial charge in [0.2, 0.25) is 0 Å². The summed E-state index contributed by atoms with van der Waals surface area (Å²) in [5, 5.41) is 0. The van der Waals surface area contributed by atoms with E-state index in [1.807, 2.05) is 18.3 Å². The summed E-state index contributed by atoms with van der Waals surface area (Å²) in [5.74, 6) is 0. The maximum absolute atomic E-state index is 4.49. The summed E-state index contributed by atoms with van der Waals surface area (Å²) in [5.41, 5.74) is 8.70. The van der Waals surface area contributed by atoms with Gasteiger partial charge in [0.25, 0.3) is 0 Å². The standard InChI is InChI=1S/C20H19N/c1-14-7-10-17(11-8-14)20-15(2)9-12-18(16(20)3)19-6-4-5-13-21-19/h4-13H,1-3H3. The Kier molecular flexibility index (Phi) is 3.57. The molecule has 0 saturated heterocycles. The van der Waals surface area contributed by atoms with E-state index in [4.69, 9.17) is 0 Å². The molecular weight excluding hydrogens is 254 g/mol. The summed E-state index contributed by atoms with van der Waals surface area (Å²) in [6.45, 7) is 6.48. The lowest BCUT2D eigenvalue weighted by Gasteiger charge is -2.14. The second-order valence-electron chi connectivity index (χ2n) is 5.51. The number of nitrogens with zero attached hydrogens (tertiary/aromatic N) is 1. The molecule has 0 N–H and O–H groups in total. The summed E-state index contributed by atoms with van der Waals surface area (Å²) in [4.78, 5) is 4.49. The van der Waals surface area contributed by atoms with Gasteiger partial charge in [-0.15, -0.1) is 0 Å². The SMILES string of the molecule is Cc1ccc(-c2c(C)ccc(-c3ccccn3)c2C)cc1. The van der Waals surface area contributed by atoms with Crippen LogP contribution in [-0.4, -0.2) is 4.98 Å². The van der Waals surface area contributed by atoms with E-state index in [2.05, 4.69) is 68.2 Å². The van der Waals surface area contributed by atoms with Gasteiger partial charge in [0, 0.05) is 11.8 Å². The summed E-state index contributed by atoms with van der Waals surface area (Å²) in [6.07, 6.45) is 1.85. The lowest BCUT2D eigenvalue weighted by molar-refractivity contribution is 1.29. The lowest BCUT2D eigenvalue weighted by Crippen LogP contribution is -1.93. The minimum atomic E-state index is 1.03. The molecule has 2 aromatic carbocycles. The Hall–Kier alpha value is -2.41.